The average molecular weight is 380 g/mol. The third kappa shape index (κ3) is 4.24. The molecular weight excluding hydrogens is 350 g/mol. The molecule has 1 saturated heterocycles. The zero-order valence-electron chi connectivity index (χ0n) is 17.0. The number of carbonyl (C=O) groups excluding carboxylic acids is 2. The van der Waals surface area contributed by atoms with Crippen LogP contribution in [0, 0.1) is 6.92 Å². The highest BCUT2D eigenvalue weighted by atomic mass is 16.2. The first-order valence-electron chi connectivity index (χ1n) is 10.2. The van der Waals surface area contributed by atoms with Gasteiger partial charge in [-0.3, -0.25) is 14.6 Å². The average Bonchev–Trinajstić information content (AvgIpc) is 2.73. The van der Waals surface area contributed by atoms with Crippen molar-refractivity contribution in [2.75, 3.05) is 18.0 Å². The van der Waals surface area contributed by atoms with E-state index in [-0.39, 0.29) is 17.9 Å². The highest BCUT2D eigenvalue weighted by molar-refractivity contribution is 6.06. The van der Waals surface area contributed by atoms with Crippen LogP contribution in [0.25, 0.3) is 0 Å². The molecule has 28 heavy (non-hydrogen) atoms. The van der Waals surface area contributed by atoms with Crippen molar-refractivity contribution in [2.24, 2.45) is 0 Å². The number of nitrogens with zero attached hydrogens (tertiary/aromatic N) is 3. The first kappa shape index (κ1) is 20.1. The molecule has 3 rings (SSSR count). The Bertz CT molecular complexity index is 849. The van der Waals surface area contributed by atoms with Crippen LogP contribution in [-0.4, -0.2) is 40.8 Å². The van der Waals surface area contributed by atoms with E-state index in [2.05, 4.69) is 11.9 Å². The van der Waals surface area contributed by atoms with Crippen LogP contribution in [0.2, 0.25) is 0 Å². The number of carbonyl (C=O) groups is 2. The van der Waals surface area contributed by atoms with Crippen LogP contribution in [0.4, 0.5) is 5.69 Å². The van der Waals surface area contributed by atoms with Crippen LogP contribution in [0.1, 0.15) is 65.9 Å². The lowest BCUT2D eigenvalue weighted by Crippen LogP contribution is -2.43. The summed E-state index contributed by atoms with van der Waals surface area (Å²) >= 11 is 0. The minimum atomic E-state index is -0.187. The van der Waals surface area contributed by atoms with Gasteiger partial charge in [0.15, 0.2) is 0 Å². The molecule has 1 aliphatic rings. The van der Waals surface area contributed by atoms with Crippen molar-refractivity contribution < 1.29 is 9.59 Å². The summed E-state index contributed by atoms with van der Waals surface area (Å²) in [4.78, 5) is 34.1. The number of rotatable bonds is 5. The molecule has 5 heteroatoms. The summed E-state index contributed by atoms with van der Waals surface area (Å²) in [6.45, 7) is 7.38. The van der Waals surface area contributed by atoms with E-state index in [1.54, 1.807) is 23.2 Å². The lowest BCUT2D eigenvalue weighted by molar-refractivity contribution is 0.0608. The first-order chi connectivity index (χ1) is 13.5. The third-order valence-electron chi connectivity index (χ3n) is 5.46. The summed E-state index contributed by atoms with van der Waals surface area (Å²) in [6, 6.07) is 11.5. The fraction of sp³-hybridized carbons (Fsp3) is 0.435. The van der Waals surface area contributed by atoms with Crippen LogP contribution < -0.4 is 4.90 Å². The van der Waals surface area contributed by atoms with Crippen LogP contribution in [0.15, 0.2) is 42.6 Å². The Hall–Kier alpha value is -2.69. The summed E-state index contributed by atoms with van der Waals surface area (Å²) in [5.74, 6) is -0.185. The van der Waals surface area contributed by atoms with Crippen molar-refractivity contribution >= 4 is 17.5 Å². The molecule has 1 aliphatic heterocycles. The number of amides is 2. The van der Waals surface area contributed by atoms with Gasteiger partial charge in [-0.05, 0) is 69.4 Å². The van der Waals surface area contributed by atoms with Crippen molar-refractivity contribution in [1.82, 2.24) is 9.88 Å². The lowest BCUT2D eigenvalue weighted by atomic mass is 9.99. The zero-order valence-corrected chi connectivity index (χ0v) is 17.0. The number of hydrogen-bond donors (Lipinski definition) is 0. The maximum Gasteiger partial charge on any atom is 0.276 e. The molecule has 5 nitrogen and oxygen atoms in total. The summed E-state index contributed by atoms with van der Waals surface area (Å²) in [6.07, 6.45) is 5.78. The van der Waals surface area contributed by atoms with Crippen molar-refractivity contribution in [2.45, 2.75) is 52.5 Å². The molecule has 148 valence electrons. The predicted octanol–water partition coefficient (Wildman–Crippen LogP) is 4.46. The van der Waals surface area contributed by atoms with Gasteiger partial charge in [0.2, 0.25) is 0 Å². The van der Waals surface area contributed by atoms with Crippen molar-refractivity contribution in [3.63, 3.8) is 0 Å². The van der Waals surface area contributed by atoms with Gasteiger partial charge in [0.1, 0.15) is 5.69 Å². The number of piperidine rings is 1. The van der Waals surface area contributed by atoms with Crippen LogP contribution in [-0.2, 0) is 0 Å². The van der Waals surface area contributed by atoms with E-state index in [0.29, 0.717) is 17.8 Å². The summed E-state index contributed by atoms with van der Waals surface area (Å²) in [7, 11) is 0. The molecule has 2 aromatic rings. The summed E-state index contributed by atoms with van der Waals surface area (Å²) in [5.41, 5.74) is 2.78. The molecule has 0 aliphatic carbocycles. The number of likely N-dealkylation sites (tertiary alicyclic amines) is 1. The Balaban J connectivity index is 1.85. The number of pyridine rings is 1. The molecule has 1 atom stereocenters. The Morgan fingerprint density at radius 2 is 2.00 bits per heavy atom. The van der Waals surface area contributed by atoms with Gasteiger partial charge in [0.25, 0.3) is 11.8 Å². The van der Waals surface area contributed by atoms with E-state index in [4.69, 9.17) is 0 Å². The molecule has 0 saturated carbocycles. The Morgan fingerprint density at radius 1 is 1.18 bits per heavy atom. The smallest absolute Gasteiger partial charge is 0.276 e. The van der Waals surface area contributed by atoms with Crippen LogP contribution in [0.5, 0.6) is 0 Å². The molecule has 1 aromatic carbocycles. The largest absolute Gasteiger partial charge is 0.336 e. The standard InChI is InChI=1S/C23H29N3O2/c1-4-19-10-6-7-14-26(19)22(27)18-12-13-24-21(16-18)23(28)25(5-2)20-11-8-9-17(3)15-20/h8-9,11-13,15-16,19H,4-7,10,14H2,1-3H3. The molecule has 0 bridgehead atoms. The molecule has 2 amide bonds. The number of aryl methyl sites for hydroxylation is 1. The van der Waals surface area contributed by atoms with Gasteiger partial charge in [-0.15, -0.1) is 0 Å². The quantitative estimate of drug-likeness (QED) is 0.771. The van der Waals surface area contributed by atoms with E-state index in [0.717, 1.165) is 37.1 Å². The second-order valence-electron chi connectivity index (χ2n) is 7.37. The SMILES string of the molecule is CCC1CCCCN1C(=O)c1ccnc(C(=O)N(CC)c2cccc(C)c2)c1. The van der Waals surface area contributed by atoms with Gasteiger partial charge in [-0.2, -0.15) is 0 Å². The second kappa shape index (κ2) is 9.00. The highest BCUT2D eigenvalue weighted by Crippen LogP contribution is 2.23. The van der Waals surface area contributed by atoms with Gasteiger partial charge >= 0.3 is 0 Å². The zero-order chi connectivity index (χ0) is 20.1. The predicted molar refractivity (Wildman–Crippen MR) is 112 cm³/mol. The third-order valence-corrected chi connectivity index (χ3v) is 5.46. The van der Waals surface area contributed by atoms with Gasteiger partial charge in [-0.25, -0.2) is 0 Å². The lowest BCUT2D eigenvalue weighted by Gasteiger charge is -2.35. The van der Waals surface area contributed by atoms with Gasteiger partial charge in [-0.1, -0.05) is 19.1 Å². The molecule has 1 fully saturated rings. The van der Waals surface area contributed by atoms with Gasteiger partial charge in [0, 0.05) is 36.6 Å². The molecule has 0 radical (unpaired) electrons. The highest BCUT2D eigenvalue weighted by Gasteiger charge is 2.27. The van der Waals surface area contributed by atoms with Crippen molar-refractivity contribution in [3.8, 4) is 0 Å². The molecule has 2 heterocycles. The Labute approximate surface area is 167 Å². The fourth-order valence-corrected chi connectivity index (χ4v) is 3.92. The van der Waals surface area contributed by atoms with Crippen LogP contribution >= 0.6 is 0 Å². The monoisotopic (exact) mass is 379 g/mol. The first-order valence-corrected chi connectivity index (χ1v) is 10.2. The maximum atomic E-state index is 13.1. The minimum absolute atomic E-state index is 0.00149. The maximum absolute atomic E-state index is 13.1. The van der Waals surface area contributed by atoms with E-state index < -0.39 is 0 Å². The summed E-state index contributed by atoms with van der Waals surface area (Å²) in [5, 5.41) is 0. The van der Waals surface area contributed by atoms with Gasteiger partial charge in [0.05, 0.1) is 0 Å². The van der Waals surface area contributed by atoms with E-state index in [1.165, 1.54) is 6.42 Å². The Kier molecular flexibility index (Phi) is 6.45. The second-order valence-corrected chi connectivity index (χ2v) is 7.37. The molecule has 1 aromatic heterocycles. The fourth-order valence-electron chi connectivity index (χ4n) is 3.92. The van der Waals surface area contributed by atoms with Crippen LogP contribution in [0.3, 0.4) is 0 Å². The molecular formula is C23H29N3O2. The molecule has 0 N–H and O–H groups in total. The minimum Gasteiger partial charge on any atom is -0.336 e. The number of anilines is 1. The summed E-state index contributed by atoms with van der Waals surface area (Å²) < 4.78 is 0. The topological polar surface area (TPSA) is 53.5 Å². The van der Waals surface area contributed by atoms with E-state index in [9.17, 15) is 9.59 Å². The number of aromatic nitrogens is 1. The van der Waals surface area contributed by atoms with E-state index >= 15 is 0 Å². The van der Waals surface area contributed by atoms with Crippen molar-refractivity contribution in [1.29, 1.82) is 0 Å². The van der Waals surface area contributed by atoms with Crippen molar-refractivity contribution in [3.05, 3.63) is 59.4 Å². The number of hydrogen-bond acceptors (Lipinski definition) is 3. The van der Waals surface area contributed by atoms with E-state index in [1.807, 2.05) is 43.0 Å². The van der Waals surface area contributed by atoms with Gasteiger partial charge < -0.3 is 9.80 Å². The molecule has 1 unspecified atom stereocenters. The number of benzene rings is 1. The normalized spacial score (nSPS) is 16.7. The molecule has 0 spiro atoms. The Morgan fingerprint density at radius 3 is 2.71 bits per heavy atom.